The maximum absolute atomic E-state index is 12.4. The van der Waals surface area contributed by atoms with Gasteiger partial charge < -0.3 is 10.2 Å². The van der Waals surface area contributed by atoms with Gasteiger partial charge >= 0.3 is 0 Å². The number of hydrogen-bond donors (Lipinski definition) is 1. The minimum absolute atomic E-state index is 0.00370. The van der Waals surface area contributed by atoms with Crippen molar-refractivity contribution in [1.29, 1.82) is 0 Å². The van der Waals surface area contributed by atoms with Crippen molar-refractivity contribution < 1.29 is 9.59 Å². The van der Waals surface area contributed by atoms with E-state index in [2.05, 4.69) is 10.3 Å². The van der Waals surface area contributed by atoms with Gasteiger partial charge in [0.05, 0.1) is 6.54 Å². The molecule has 0 saturated carbocycles. The number of amides is 2. The minimum atomic E-state index is -0.431. The topological polar surface area (TPSA) is 62.3 Å². The van der Waals surface area contributed by atoms with Crippen molar-refractivity contribution in [3.05, 3.63) is 16.6 Å². The predicted octanol–water partition coefficient (Wildman–Crippen LogP) is 1.40. The second-order valence-corrected chi connectivity index (χ2v) is 6.24. The third kappa shape index (κ3) is 3.12. The second kappa shape index (κ2) is 5.69. The van der Waals surface area contributed by atoms with Crippen molar-refractivity contribution in [2.45, 2.75) is 45.8 Å². The molecule has 1 aliphatic heterocycles. The fourth-order valence-electron chi connectivity index (χ4n) is 2.21. The molecular formula is C13H19N3O2S. The van der Waals surface area contributed by atoms with Gasteiger partial charge in [0.1, 0.15) is 17.1 Å². The molecular weight excluding hydrogens is 262 g/mol. The van der Waals surface area contributed by atoms with Crippen LogP contribution in [0.4, 0.5) is 0 Å². The molecule has 2 amide bonds. The van der Waals surface area contributed by atoms with Gasteiger partial charge in [-0.05, 0) is 19.3 Å². The molecule has 2 atom stereocenters. The minimum Gasteiger partial charge on any atom is -0.343 e. The highest BCUT2D eigenvalue weighted by molar-refractivity contribution is 7.09. The van der Waals surface area contributed by atoms with Crippen molar-refractivity contribution in [2.75, 3.05) is 0 Å². The normalized spacial score (nSPS) is 23.9. The van der Waals surface area contributed by atoms with Gasteiger partial charge in [0, 0.05) is 11.6 Å². The van der Waals surface area contributed by atoms with Crippen LogP contribution in [0.3, 0.4) is 0 Å². The van der Waals surface area contributed by atoms with E-state index in [1.807, 2.05) is 19.2 Å². The van der Waals surface area contributed by atoms with Crippen LogP contribution in [-0.4, -0.2) is 33.8 Å². The Morgan fingerprint density at radius 1 is 1.47 bits per heavy atom. The van der Waals surface area contributed by atoms with Crippen molar-refractivity contribution in [1.82, 2.24) is 15.2 Å². The standard InChI is InChI=1S/C13H19N3O2S/c1-8(2)6-10-13(18)16(9(3)12(17)15-10)7-11-14-4-5-19-11/h4-5,8-10H,6-7H2,1-3H3,(H,15,17). The quantitative estimate of drug-likeness (QED) is 0.907. The van der Waals surface area contributed by atoms with Crippen molar-refractivity contribution in [2.24, 2.45) is 5.92 Å². The summed E-state index contributed by atoms with van der Waals surface area (Å²) in [5, 5.41) is 5.54. The molecule has 104 valence electrons. The van der Waals surface area contributed by atoms with Gasteiger partial charge in [0.15, 0.2) is 0 Å². The van der Waals surface area contributed by atoms with Gasteiger partial charge in [0.2, 0.25) is 11.8 Å². The molecule has 2 rings (SSSR count). The molecule has 0 aliphatic carbocycles. The first kappa shape index (κ1) is 14.0. The Bertz CT molecular complexity index is 458. The Kier molecular flexibility index (Phi) is 4.19. The number of hydrogen-bond acceptors (Lipinski definition) is 4. The molecule has 0 spiro atoms. The van der Waals surface area contributed by atoms with Crippen LogP contribution in [0.1, 0.15) is 32.2 Å². The van der Waals surface area contributed by atoms with Crippen LogP contribution in [0.5, 0.6) is 0 Å². The number of nitrogens with one attached hydrogen (secondary N) is 1. The predicted molar refractivity (Wildman–Crippen MR) is 73.5 cm³/mol. The van der Waals surface area contributed by atoms with Crippen LogP contribution in [0.25, 0.3) is 0 Å². The van der Waals surface area contributed by atoms with E-state index < -0.39 is 12.1 Å². The number of aromatic nitrogens is 1. The Morgan fingerprint density at radius 2 is 2.21 bits per heavy atom. The van der Waals surface area contributed by atoms with Crippen molar-refractivity contribution in [3.8, 4) is 0 Å². The highest BCUT2D eigenvalue weighted by atomic mass is 32.1. The van der Waals surface area contributed by atoms with E-state index in [4.69, 9.17) is 0 Å². The maximum Gasteiger partial charge on any atom is 0.246 e. The number of thiazole rings is 1. The third-order valence-corrected chi connectivity index (χ3v) is 4.01. The summed E-state index contributed by atoms with van der Waals surface area (Å²) in [6, 6.07) is -0.830. The summed E-state index contributed by atoms with van der Waals surface area (Å²) < 4.78 is 0. The van der Waals surface area contributed by atoms with E-state index >= 15 is 0 Å². The van der Waals surface area contributed by atoms with E-state index in [0.29, 0.717) is 18.9 Å². The smallest absolute Gasteiger partial charge is 0.246 e. The van der Waals surface area contributed by atoms with Crippen LogP contribution in [0.2, 0.25) is 0 Å². The average Bonchev–Trinajstić information content (AvgIpc) is 2.84. The van der Waals surface area contributed by atoms with Crippen LogP contribution in [0, 0.1) is 5.92 Å². The molecule has 0 bridgehead atoms. The first-order valence-electron chi connectivity index (χ1n) is 6.48. The average molecular weight is 281 g/mol. The lowest BCUT2D eigenvalue weighted by atomic mass is 9.99. The highest BCUT2D eigenvalue weighted by Crippen LogP contribution is 2.19. The van der Waals surface area contributed by atoms with Gasteiger partial charge in [-0.1, -0.05) is 13.8 Å². The van der Waals surface area contributed by atoms with Crippen LogP contribution in [-0.2, 0) is 16.1 Å². The van der Waals surface area contributed by atoms with Gasteiger partial charge in [-0.3, -0.25) is 9.59 Å². The van der Waals surface area contributed by atoms with Crippen LogP contribution >= 0.6 is 11.3 Å². The molecule has 1 aliphatic rings. The SMILES string of the molecule is CC(C)CC1NC(=O)C(C)N(Cc2nccs2)C1=O. The number of carbonyl (C=O) groups is 2. The lowest BCUT2D eigenvalue weighted by molar-refractivity contribution is -0.149. The molecule has 1 aromatic heterocycles. The summed E-state index contributed by atoms with van der Waals surface area (Å²) in [6.45, 7) is 6.26. The summed E-state index contributed by atoms with van der Waals surface area (Å²) in [5.74, 6) is 0.280. The zero-order chi connectivity index (χ0) is 14.0. The van der Waals surface area contributed by atoms with Gasteiger partial charge in [-0.2, -0.15) is 0 Å². The first-order valence-corrected chi connectivity index (χ1v) is 7.36. The second-order valence-electron chi connectivity index (χ2n) is 5.26. The van der Waals surface area contributed by atoms with Gasteiger partial charge in [-0.25, -0.2) is 4.98 Å². The number of piperazine rings is 1. The molecule has 0 aromatic carbocycles. The summed E-state index contributed by atoms with van der Waals surface area (Å²) in [4.78, 5) is 30.2. The van der Waals surface area contributed by atoms with E-state index in [-0.39, 0.29) is 11.8 Å². The summed E-state index contributed by atoms with van der Waals surface area (Å²) in [5.41, 5.74) is 0. The highest BCUT2D eigenvalue weighted by Gasteiger charge is 2.38. The molecule has 1 N–H and O–H groups in total. The number of nitrogens with zero attached hydrogens (tertiary/aromatic N) is 2. The fraction of sp³-hybridized carbons (Fsp3) is 0.615. The Hall–Kier alpha value is -1.43. The molecule has 2 unspecified atom stereocenters. The third-order valence-electron chi connectivity index (χ3n) is 3.24. The van der Waals surface area contributed by atoms with Crippen molar-refractivity contribution >= 4 is 23.2 Å². The fourth-order valence-corrected chi connectivity index (χ4v) is 2.82. The molecule has 1 saturated heterocycles. The van der Waals surface area contributed by atoms with E-state index in [1.165, 1.54) is 11.3 Å². The summed E-state index contributed by atoms with van der Waals surface area (Å²) >= 11 is 1.50. The van der Waals surface area contributed by atoms with E-state index in [0.717, 1.165) is 5.01 Å². The molecule has 0 radical (unpaired) electrons. The van der Waals surface area contributed by atoms with E-state index in [1.54, 1.807) is 18.0 Å². The Labute approximate surface area is 117 Å². The largest absolute Gasteiger partial charge is 0.343 e. The molecule has 6 heteroatoms. The number of carbonyl (C=O) groups excluding carboxylic acids is 2. The van der Waals surface area contributed by atoms with Crippen molar-refractivity contribution in [3.63, 3.8) is 0 Å². The molecule has 1 fully saturated rings. The number of rotatable bonds is 4. The van der Waals surface area contributed by atoms with Crippen LogP contribution in [0.15, 0.2) is 11.6 Å². The molecule has 19 heavy (non-hydrogen) atoms. The monoisotopic (exact) mass is 281 g/mol. The van der Waals surface area contributed by atoms with Gasteiger partial charge in [-0.15, -0.1) is 11.3 Å². The Morgan fingerprint density at radius 3 is 2.79 bits per heavy atom. The maximum atomic E-state index is 12.4. The zero-order valence-corrected chi connectivity index (χ0v) is 12.2. The molecule has 1 aromatic rings. The van der Waals surface area contributed by atoms with Crippen LogP contribution < -0.4 is 5.32 Å². The molecule has 5 nitrogen and oxygen atoms in total. The summed E-state index contributed by atoms with van der Waals surface area (Å²) in [7, 11) is 0. The zero-order valence-electron chi connectivity index (χ0n) is 11.4. The lowest BCUT2D eigenvalue weighted by Gasteiger charge is -2.37. The first-order chi connectivity index (χ1) is 8.99. The lowest BCUT2D eigenvalue weighted by Crippen LogP contribution is -2.62. The summed E-state index contributed by atoms with van der Waals surface area (Å²) in [6.07, 6.45) is 2.39. The van der Waals surface area contributed by atoms with E-state index in [9.17, 15) is 9.59 Å². The van der Waals surface area contributed by atoms with Gasteiger partial charge in [0.25, 0.3) is 0 Å². The molecule has 2 heterocycles. The Balaban J connectivity index is 2.14.